The van der Waals surface area contributed by atoms with E-state index in [1.54, 1.807) is 4.57 Å². The van der Waals surface area contributed by atoms with Gasteiger partial charge in [-0.2, -0.15) is 0 Å². The number of nitrogens with zero attached hydrogens (tertiary/aromatic N) is 2. The summed E-state index contributed by atoms with van der Waals surface area (Å²) in [5, 5.41) is 5.37. The van der Waals surface area contributed by atoms with Gasteiger partial charge in [-0.1, -0.05) is 60.3 Å². The minimum Gasteiger partial charge on any atom is -0.355 e. The van der Waals surface area contributed by atoms with Gasteiger partial charge in [0.1, 0.15) is 4.70 Å². The molecule has 0 saturated heterocycles. The predicted octanol–water partition coefficient (Wildman–Crippen LogP) is 4.60. The van der Waals surface area contributed by atoms with E-state index < -0.39 is 0 Å². The monoisotopic (exact) mass is 449 g/mol. The van der Waals surface area contributed by atoms with E-state index in [2.05, 4.69) is 22.4 Å². The molecule has 31 heavy (non-hydrogen) atoms. The lowest BCUT2D eigenvalue weighted by Crippen LogP contribution is -2.27. The number of aryl methyl sites for hydroxylation is 2. The molecule has 4 rings (SSSR count). The Kier molecular flexibility index (Phi) is 6.84. The van der Waals surface area contributed by atoms with E-state index in [0.717, 1.165) is 24.1 Å². The second-order valence-electron chi connectivity index (χ2n) is 7.18. The van der Waals surface area contributed by atoms with Crippen LogP contribution in [0.25, 0.3) is 15.9 Å². The number of para-hydroxylation sites is 1. The number of hydrogen-bond acceptors (Lipinski definition) is 5. The zero-order valence-corrected chi connectivity index (χ0v) is 18.8. The number of hydrogen-bond donors (Lipinski definition) is 1. The van der Waals surface area contributed by atoms with Gasteiger partial charge in [0.25, 0.3) is 5.56 Å². The summed E-state index contributed by atoms with van der Waals surface area (Å²) in [6.07, 6.45) is 1.81. The van der Waals surface area contributed by atoms with E-state index in [-0.39, 0.29) is 17.2 Å². The number of thiophene rings is 1. The molecule has 0 spiro atoms. The summed E-state index contributed by atoms with van der Waals surface area (Å²) in [7, 11) is 0. The average Bonchev–Trinajstić information content (AvgIpc) is 3.26. The summed E-state index contributed by atoms with van der Waals surface area (Å²) in [5.41, 5.74) is 3.61. The minimum absolute atomic E-state index is 0.0611. The van der Waals surface area contributed by atoms with Crippen LogP contribution in [0, 0.1) is 6.92 Å². The topological polar surface area (TPSA) is 64.0 Å². The SMILES string of the molecule is Cc1ccccc1-n1c(SCC(=O)NCCCc2ccccc2)nc2ccsc2c1=O. The van der Waals surface area contributed by atoms with Crippen molar-refractivity contribution in [2.24, 2.45) is 0 Å². The Labute approximate surface area is 189 Å². The van der Waals surface area contributed by atoms with Crippen molar-refractivity contribution in [1.82, 2.24) is 14.9 Å². The van der Waals surface area contributed by atoms with Crippen LogP contribution in [0.1, 0.15) is 17.5 Å². The van der Waals surface area contributed by atoms with Crippen molar-refractivity contribution in [2.75, 3.05) is 12.3 Å². The van der Waals surface area contributed by atoms with Gasteiger partial charge in [0.15, 0.2) is 5.16 Å². The van der Waals surface area contributed by atoms with Crippen LogP contribution in [0.3, 0.4) is 0 Å². The molecular weight excluding hydrogens is 426 g/mol. The van der Waals surface area contributed by atoms with Crippen molar-refractivity contribution < 1.29 is 4.79 Å². The minimum atomic E-state index is -0.0972. The number of carbonyl (C=O) groups excluding carboxylic acids is 1. The van der Waals surface area contributed by atoms with Crippen LogP contribution in [-0.2, 0) is 11.2 Å². The van der Waals surface area contributed by atoms with Gasteiger partial charge in [-0.05, 0) is 48.4 Å². The maximum atomic E-state index is 13.2. The summed E-state index contributed by atoms with van der Waals surface area (Å²) in [5.74, 6) is 0.147. The summed E-state index contributed by atoms with van der Waals surface area (Å²) in [4.78, 5) is 30.2. The van der Waals surface area contributed by atoms with E-state index >= 15 is 0 Å². The molecule has 0 radical (unpaired) electrons. The van der Waals surface area contributed by atoms with Crippen LogP contribution in [0.15, 0.2) is 76.0 Å². The van der Waals surface area contributed by atoms with Gasteiger partial charge in [0.05, 0.1) is 17.0 Å². The highest BCUT2D eigenvalue weighted by Gasteiger charge is 2.16. The standard InChI is InChI=1S/C24H23N3O2S2/c1-17-8-5-6-12-20(17)27-23(29)22-19(13-15-30-22)26-24(27)31-16-21(28)25-14-7-11-18-9-3-2-4-10-18/h2-6,8-10,12-13,15H,7,11,14,16H2,1H3,(H,25,28). The molecule has 2 aromatic carbocycles. The highest BCUT2D eigenvalue weighted by atomic mass is 32.2. The molecule has 0 aliphatic heterocycles. The van der Waals surface area contributed by atoms with E-state index in [1.807, 2.05) is 60.8 Å². The molecule has 0 saturated carbocycles. The van der Waals surface area contributed by atoms with Gasteiger partial charge >= 0.3 is 0 Å². The maximum Gasteiger partial charge on any atom is 0.276 e. The first-order chi connectivity index (χ1) is 15.1. The van der Waals surface area contributed by atoms with E-state index in [9.17, 15) is 9.59 Å². The number of thioether (sulfide) groups is 1. The summed E-state index contributed by atoms with van der Waals surface area (Å²) >= 11 is 2.68. The zero-order chi connectivity index (χ0) is 21.6. The van der Waals surface area contributed by atoms with Crippen LogP contribution >= 0.6 is 23.1 Å². The Morgan fingerprint density at radius 2 is 1.87 bits per heavy atom. The number of benzene rings is 2. The Morgan fingerprint density at radius 3 is 2.68 bits per heavy atom. The summed E-state index contributed by atoms with van der Waals surface area (Å²) in [6.45, 7) is 2.59. The lowest BCUT2D eigenvalue weighted by Gasteiger charge is -2.14. The summed E-state index contributed by atoms with van der Waals surface area (Å²) in [6, 6.07) is 19.8. The molecular formula is C24H23N3O2S2. The fraction of sp³-hybridized carbons (Fsp3) is 0.208. The number of rotatable bonds is 8. The van der Waals surface area contributed by atoms with Crippen molar-refractivity contribution in [3.8, 4) is 5.69 Å². The first kappa shape index (κ1) is 21.3. The average molecular weight is 450 g/mol. The van der Waals surface area contributed by atoms with Crippen LogP contribution in [0.2, 0.25) is 0 Å². The molecule has 0 atom stereocenters. The number of carbonyl (C=O) groups is 1. The third-order valence-corrected chi connectivity index (χ3v) is 6.78. The molecule has 0 fully saturated rings. The fourth-order valence-electron chi connectivity index (χ4n) is 3.36. The normalized spacial score (nSPS) is 11.0. The zero-order valence-electron chi connectivity index (χ0n) is 17.2. The van der Waals surface area contributed by atoms with Gasteiger partial charge in [0, 0.05) is 6.54 Å². The predicted molar refractivity (Wildman–Crippen MR) is 128 cm³/mol. The maximum absolute atomic E-state index is 13.2. The third-order valence-electron chi connectivity index (χ3n) is 4.95. The van der Waals surface area contributed by atoms with Gasteiger partial charge in [0.2, 0.25) is 5.91 Å². The first-order valence-electron chi connectivity index (χ1n) is 10.1. The fourth-order valence-corrected chi connectivity index (χ4v) is 4.96. The Balaban J connectivity index is 1.45. The van der Waals surface area contributed by atoms with Crippen LogP contribution in [-0.4, -0.2) is 27.8 Å². The smallest absolute Gasteiger partial charge is 0.276 e. The molecule has 0 bridgehead atoms. The lowest BCUT2D eigenvalue weighted by atomic mass is 10.1. The van der Waals surface area contributed by atoms with Gasteiger partial charge in [-0.15, -0.1) is 11.3 Å². The van der Waals surface area contributed by atoms with Crippen molar-refractivity contribution in [1.29, 1.82) is 0 Å². The van der Waals surface area contributed by atoms with Crippen molar-refractivity contribution in [3.05, 3.63) is 87.5 Å². The van der Waals surface area contributed by atoms with Gasteiger partial charge in [-0.3, -0.25) is 14.2 Å². The quantitative estimate of drug-likeness (QED) is 0.243. The number of aromatic nitrogens is 2. The Morgan fingerprint density at radius 1 is 1.10 bits per heavy atom. The highest BCUT2D eigenvalue weighted by Crippen LogP contribution is 2.24. The first-order valence-corrected chi connectivity index (χ1v) is 12.0. The molecule has 158 valence electrons. The largest absolute Gasteiger partial charge is 0.355 e. The van der Waals surface area contributed by atoms with Crippen LogP contribution in [0.5, 0.6) is 0 Å². The van der Waals surface area contributed by atoms with Crippen molar-refractivity contribution in [3.63, 3.8) is 0 Å². The van der Waals surface area contributed by atoms with E-state index in [4.69, 9.17) is 0 Å². The molecule has 1 N–H and O–H groups in total. The van der Waals surface area contributed by atoms with Crippen LogP contribution < -0.4 is 10.9 Å². The molecule has 5 nitrogen and oxygen atoms in total. The van der Waals surface area contributed by atoms with E-state index in [0.29, 0.717) is 21.9 Å². The van der Waals surface area contributed by atoms with Gasteiger partial charge in [-0.25, -0.2) is 4.98 Å². The second kappa shape index (κ2) is 9.94. The van der Waals surface area contributed by atoms with Gasteiger partial charge < -0.3 is 5.32 Å². The molecule has 4 aromatic rings. The third kappa shape index (κ3) is 5.06. The number of nitrogens with one attached hydrogen (secondary N) is 1. The van der Waals surface area contributed by atoms with Crippen LogP contribution in [0.4, 0.5) is 0 Å². The Bertz CT molecular complexity index is 1250. The van der Waals surface area contributed by atoms with Crippen molar-refractivity contribution in [2.45, 2.75) is 24.9 Å². The molecule has 0 aliphatic rings. The highest BCUT2D eigenvalue weighted by molar-refractivity contribution is 7.99. The molecule has 0 unspecified atom stereocenters. The lowest BCUT2D eigenvalue weighted by molar-refractivity contribution is -0.118. The Hall–Kier alpha value is -2.90. The molecule has 2 aromatic heterocycles. The second-order valence-corrected chi connectivity index (χ2v) is 9.04. The van der Waals surface area contributed by atoms with Crippen molar-refractivity contribution >= 4 is 39.2 Å². The summed E-state index contributed by atoms with van der Waals surface area (Å²) < 4.78 is 2.25. The number of amides is 1. The molecule has 1 amide bonds. The molecule has 0 aliphatic carbocycles. The molecule has 7 heteroatoms. The van der Waals surface area contributed by atoms with E-state index in [1.165, 1.54) is 28.7 Å². The number of fused-ring (bicyclic) bond motifs is 1. The molecule has 2 heterocycles.